The summed E-state index contributed by atoms with van der Waals surface area (Å²) in [5.41, 5.74) is -1.21. The van der Waals surface area contributed by atoms with Crippen LogP contribution in [-0.2, 0) is 19.7 Å². The minimum atomic E-state index is -3.92. The van der Waals surface area contributed by atoms with Crippen LogP contribution in [-0.4, -0.2) is 40.9 Å². The van der Waals surface area contributed by atoms with Crippen LogP contribution >= 0.6 is 0 Å². The largest absolute Gasteiger partial charge is 0.481 e. The number of hydrogen-bond donors (Lipinski definition) is 3. The maximum absolute atomic E-state index is 12.7. The Morgan fingerprint density at radius 1 is 0.605 bits per heavy atom. The van der Waals surface area contributed by atoms with Crippen LogP contribution in [0.15, 0.2) is 0 Å². The SMILES string of the molecule is CCCCCCCCCC(CCCCCCCCC)(C(=O)O)C(CCCCCCCCS(=O)(=O)O)C(=O)O. The van der Waals surface area contributed by atoms with Gasteiger partial charge in [0.1, 0.15) is 0 Å². The van der Waals surface area contributed by atoms with Crippen molar-refractivity contribution >= 4 is 22.1 Å². The molecule has 0 aromatic carbocycles. The monoisotopic (exact) mass is 562 g/mol. The Balaban J connectivity index is 5.03. The zero-order valence-electron chi connectivity index (χ0n) is 24.4. The highest BCUT2D eigenvalue weighted by atomic mass is 32.2. The predicted molar refractivity (Wildman–Crippen MR) is 155 cm³/mol. The molecule has 0 amide bonds. The van der Waals surface area contributed by atoms with Crippen molar-refractivity contribution in [1.82, 2.24) is 0 Å². The summed E-state index contributed by atoms with van der Waals surface area (Å²) < 4.78 is 30.4. The second-order valence-electron chi connectivity index (χ2n) is 11.3. The zero-order valence-corrected chi connectivity index (χ0v) is 25.2. The highest BCUT2D eigenvalue weighted by Gasteiger charge is 2.48. The first-order valence-corrected chi connectivity index (χ1v) is 17.1. The minimum absolute atomic E-state index is 0.230. The van der Waals surface area contributed by atoms with E-state index in [1.807, 2.05) is 0 Å². The van der Waals surface area contributed by atoms with Gasteiger partial charge in [0.25, 0.3) is 10.1 Å². The third-order valence-corrected chi connectivity index (χ3v) is 8.79. The van der Waals surface area contributed by atoms with Gasteiger partial charge in [0.15, 0.2) is 0 Å². The lowest BCUT2D eigenvalue weighted by Gasteiger charge is -2.35. The van der Waals surface area contributed by atoms with Crippen LogP contribution in [0.4, 0.5) is 0 Å². The van der Waals surface area contributed by atoms with Gasteiger partial charge < -0.3 is 10.2 Å². The molecular weight excluding hydrogens is 504 g/mol. The molecule has 0 saturated carbocycles. The molecule has 0 aliphatic heterocycles. The van der Waals surface area contributed by atoms with Crippen LogP contribution in [0.1, 0.15) is 162 Å². The summed E-state index contributed by atoms with van der Waals surface area (Å²) in [4.78, 5) is 25.2. The van der Waals surface area contributed by atoms with Crippen LogP contribution in [0, 0.1) is 11.3 Å². The Hall–Kier alpha value is -1.15. The summed E-state index contributed by atoms with van der Waals surface area (Å²) in [6.07, 6.45) is 20.5. The molecule has 0 fully saturated rings. The first-order chi connectivity index (χ1) is 18.1. The molecule has 3 N–H and O–H groups in total. The highest BCUT2D eigenvalue weighted by molar-refractivity contribution is 7.85. The second-order valence-corrected chi connectivity index (χ2v) is 12.9. The van der Waals surface area contributed by atoms with Gasteiger partial charge >= 0.3 is 11.9 Å². The van der Waals surface area contributed by atoms with E-state index >= 15 is 0 Å². The van der Waals surface area contributed by atoms with Gasteiger partial charge in [0.05, 0.1) is 17.1 Å². The molecule has 226 valence electrons. The Morgan fingerprint density at radius 3 is 1.34 bits per heavy atom. The van der Waals surface area contributed by atoms with Crippen LogP contribution in [0.3, 0.4) is 0 Å². The molecule has 0 aliphatic carbocycles. The lowest BCUT2D eigenvalue weighted by atomic mass is 9.66. The molecule has 0 aliphatic rings. The number of hydrogen-bond acceptors (Lipinski definition) is 4. The maximum atomic E-state index is 12.7. The van der Waals surface area contributed by atoms with Crippen molar-refractivity contribution < 1.29 is 32.8 Å². The molecule has 7 nitrogen and oxygen atoms in total. The summed E-state index contributed by atoms with van der Waals surface area (Å²) in [5.74, 6) is -3.06. The Bertz CT molecular complexity index is 687. The van der Waals surface area contributed by atoms with Gasteiger partial charge in [-0.25, -0.2) is 0 Å². The summed E-state index contributed by atoms with van der Waals surface area (Å²) >= 11 is 0. The molecule has 38 heavy (non-hydrogen) atoms. The fourth-order valence-corrected chi connectivity index (χ4v) is 6.18. The van der Waals surface area contributed by atoms with Gasteiger partial charge in [-0.15, -0.1) is 0 Å². The van der Waals surface area contributed by atoms with Gasteiger partial charge in [-0.2, -0.15) is 8.42 Å². The number of carbonyl (C=O) groups is 2. The number of carboxylic acids is 2. The molecule has 0 heterocycles. The normalized spacial score (nSPS) is 13.0. The molecule has 1 atom stereocenters. The first-order valence-electron chi connectivity index (χ1n) is 15.5. The van der Waals surface area contributed by atoms with Crippen LogP contribution < -0.4 is 0 Å². The van der Waals surface area contributed by atoms with Crippen molar-refractivity contribution in [2.24, 2.45) is 11.3 Å². The smallest absolute Gasteiger partial charge is 0.310 e. The van der Waals surface area contributed by atoms with E-state index in [2.05, 4.69) is 13.8 Å². The summed E-state index contributed by atoms with van der Waals surface area (Å²) in [7, 11) is -3.92. The number of carboxylic acid groups (broad SMARTS) is 2. The third kappa shape index (κ3) is 18.2. The van der Waals surface area contributed by atoms with Gasteiger partial charge in [0, 0.05) is 0 Å². The molecule has 0 radical (unpaired) electrons. The van der Waals surface area contributed by atoms with Gasteiger partial charge in [-0.1, -0.05) is 136 Å². The molecule has 0 rings (SSSR count). The predicted octanol–water partition coefficient (Wildman–Crippen LogP) is 8.66. The van der Waals surface area contributed by atoms with Gasteiger partial charge in [-0.3, -0.25) is 14.1 Å². The Morgan fingerprint density at radius 2 is 0.974 bits per heavy atom. The van der Waals surface area contributed by atoms with Crippen molar-refractivity contribution in [3.05, 3.63) is 0 Å². The molecule has 0 saturated heterocycles. The summed E-state index contributed by atoms with van der Waals surface area (Å²) in [5, 5.41) is 20.6. The van der Waals surface area contributed by atoms with Crippen LogP contribution in [0.25, 0.3) is 0 Å². The quantitative estimate of drug-likeness (QED) is 0.0642. The summed E-state index contributed by atoms with van der Waals surface area (Å²) in [6, 6.07) is 0. The van der Waals surface area contributed by atoms with Crippen molar-refractivity contribution in [2.75, 3.05) is 5.75 Å². The van der Waals surface area contributed by atoms with Gasteiger partial charge in [-0.05, 0) is 25.7 Å². The van der Waals surface area contributed by atoms with E-state index in [1.165, 1.54) is 38.5 Å². The fraction of sp³-hybridized carbons (Fsp3) is 0.933. The highest BCUT2D eigenvalue weighted by Crippen LogP contribution is 2.42. The van der Waals surface area contributed by atoms with E-state index in [-0.39, 0.29) is 5.75 Å². The average molecular weight is 563 g/mol. The van der Waals surface area contributed by atoms with Crippen molar-refractivity contribution in [3.63, 3.8) is 0 Å². The van der Waals surface area contributed by atoms with Crippen LogP contribution in [0.5, 0.6) is 0 Å². The Kier molecular flexibility index (Phi) is 22.0. The number of aliphatic carboxylic acids is 2. The van der Waals surface area contributed by atoms with E-state index in [0.717, 1.165) is 70.6 Å². The third-order valence-electron chi connectivity index (χ3n) is 7.99. The molecule has 0 bridgehead atoms. The minimum Gasteiger partial charge on any atom is -0.481 e. The fourth-order valence-electron chi connectivity index (χ4n) is 5.61. The molecule has 0 spiro atoms. The van der Waals surface area contributed by atoms with Crippen molar-refractivity contribution in [1.29, 1.82) is 0 Å². The topological polar surface area (TPSA) is 129 Å². The average Bonchev–Trinajstić information content (AvgIpc) is 2.84. The van der Waals surface area contributed by atoms with E-state index in [9.17, 15) is 28.2 Å². The van der Waals surface area contributed by atoms with E-state index in [4.69, 9.17) is 4.55 Å². The van der Waals surface area contributed by atoms with E-state index in [0.29, 0.717) is 38.5 Å². The second kappa shape index (κ2) is 22.6. The van der Waals surface area contributed by atoms with Crippen LogP contribution in [0.2, 0.25) is 0 Å². The lowest BCUT2D eigenvalue weighted by molar-refractivity contribution is -0.165. The molecule has 0 aromatic rings. The lowest BCUT2D eigenvalue weighted by Crippen LogP contribution is -2.43. The molecular formula is C30H58O7S. The van der Waals surface area contributed by atoms with E-state index < -0.39 is 33.4 Å². The number of unbranched alkanes of at least 4 members (excludes halogenated alkanes) is 17. The molecule has 1 unspecified atom stereocenters. The molecule has 0 aromatic heterocycles. The van der Waals surface area contributed by atoms with E-state index in [1.54, 1.807) is 0 Å². The standard InChI is InChI=1S/C30H58O7S/c1-3-5-7-9-12-16-20-24-30(29(33)34,25-21-17-13-10-8-6-4-2)27(28(31)32)23-19-15-11-14-18-22-26-38(35,36)37/h27H,3-26H2,1-2H3,(H,31,32)(H,33,34)(H,35,36,37). The number of rotatable bonds is 28. The van der Waals surface area contributed by atoms with Crippen molar-refractivity contribution in [2.45, 2.75) is 162 Å². The zero-order chi connectivity index (χ0) is 28.7. The first kappa shape index (κ1) is 36.8. The molecule has 8 heteroatoms. The van der Waals surface area contributed by atoms with Crippen molar-refractivity contribution in [3.8, 4) is 0 Å². The maximum Gasteiger partial charge on any atom is 0.310 e. The summed E-state index contributed by atoms with van der Waals surface area (Å²) in [6.45, 7) is 4.36. The Labute approximate surface area is 233 Å². The van der Waals surface area contributed by atoms with Gasteiger partial charge in [0.2, 0.25) is 0 Å².